The third-order valence-electron chi connectivity index (χ3n) is 2.31. The van der Waals surface area contributed by atoms with Gasteiger partial charge in [-0.1, -0.05) is 31.8 Å². The summed E-state index contributed by atoms with van der Waals surface area (Å²) in [6.45, 7) is 4.30. The zero-order valence-electron chi connectivity index (χ0n) is 9.14. The van der Waals surface area contributed by atoms with E-state index < -0.39 is 0 Å². The van der Waals surface area contributed by atoms with E-state index in [4.69, 9.17) is 0 Å². The number of aromatic nitrogens is 5. The molecule has 0 spiro atoms. The third kappa shape index (κ3) is 1.95. The highest BCUT2D eigenvalue weighted by molar-refractivity contribution is 5.29. The lowest BCUT2D eigenvalue weighted by atomic mass is 10.2. The highest BCUT2D eigenvalue weighted by Gasteiger charge is 2.06. The van der Waals surface area contributed by atoms with Crippen LogP contribution in [0.1, 0.15) is 38.1 Å². The van der Waals surface area contributed by atoms with Crippen molar-refractivity contribution in [1.82, 2.24) is 25.0 Å². The first-order valence-corrected chi connectivity index (χ1v) is 5.42. The molecule has 2 heterocycles. The first-order chi connectivity index (χ1) is 7.35. The van der Waals surface area contributed by atoms with Gasteiger partial charge in [-0.15, -0.1) is 0 Å². The fraction of sp³-hybridized carbons (Fsp3) is 0.600. The van der Waals surface area contributed by atoms with E-state index in [1.54, 1.807) is 4.52 Å². The van der Waals surface area contributed by atoms with Crippen LogP contribution in [0.2, 0.25) is 0 Å². The summed E-state index contributed by atoms with van der Waals surface area (Å²) in [6.07, 6.45) is 4.15. The molecule has 0 amide bonds. The van der Waals surface area contributed by atoms with Gasteiger partial charge in [-0.05, 0) is 29.3 Å². The molecule has 0 aromatic carbocycles. The van der Waals surface area contributed by atoms with E-state index in [-0.39, 0.29) is 0 Å². The standard InChI is InChI=1S/C10H15N5/c1-3-5-8-7-9(6-4-2)15-10(11-8)12-13-14-15/h7H,3-6H2,1-2H3. The van der Waals surface area contributed by atoms with Gasteiger partial charge < -0.3 is 0 Å². The topological polar surface area (TPSA) is 56.0 Å². The number of rotatable bonds is 4. The molecule has 0 aliphatic heterocycles. The van der Waals surface area contributed by atoms with Gasteiger partial charge in [0.1, 0.15) is 0 Å². The van der Waals surface area contributed by atoms with Crippen molar-refractivity contribution in [2.45, 2.75) is 39.5 Å². The first kappa shape index (κ1) is 10.0. The number of fused-ring (bicyclic) bond motifs is 1. The molecule has 5 nitrogen and oxygen atoms in total. The predicted molar refractivity (Wildman–Crippen MR) is 56.6 cm³/mol. The number of hydrogen-bond donors (Lipinski definition) is 0. The van der Waals surface area contributed by atoms with E-state index >= 15 is 0 Å². The van der Waals surface area contributed by atoms with Crippen molar-refractivity contribution in [3.63, 3.8) is 0 Å². The van der Waals surface area contributed by atoms with Crippen molar-refractivity contribution >= 4 is 5.78 Å². The molecular weight excluding hydrogens is 190 g/mol. The average Bonchev–Trinajstić information content (AvgIpc) is 2.67. The molecule has 2 aromatic heterocycles. The molecule has 0 saturated heterocycles. The molecule has 0 atom stereocenters. The molecule has 5 heteroatoms. The maximum Gasteiger partial charge on any atom is 0.273 e. The van der Waals surface area contributed by atoms with Gasteiger partial charge in [-0.2, -0.15) is 4.52 Å². The molecule has 15 heavy (non-hydrogen) atoms. The van der Waals surface area contributed by atoms with Crippen LogP contribution < -0.4 is 0 Å². The fourth-order valence-electron chi connectivity index (χ4n) is 1.67. The molecule has 80 valence electrons. The smallest absolute Gasteiger partial charge is 0.215 e. The summed E-state index contributed by atoms with van der Waals surface area (Å²) in [4.78, 5) is 4.39. The Bertz CT molecular complexity index is 448. The second kappa shape index (κ2) is 4.33. The van der Waals surface area contributed by atoms with Gasteiger partial charge in [-0.25, -0.2) is 4.98 Å². The molecule has 0 saturated carbocycles. The van der Waals surface area contributed by atoms with Crippen molar-refractivity contribution in [1.29, 1.82) is 0 Å². The maximum atomic E-state index is 4.39. The Labute approximate surface area is 88.5 Å². The largest absolute Gasteiger partial charge is 0.273 e. The summed E-state index contributed by atoms with van der Waals surface area (Å²) in [6, 6.07) is 2.11. The van der Waals surface area contributed by atoms with E-state index in [9.17, 15) is 0 Å². The Balaban J connectivity index is 2.48. The van der Waals surface area contributed by atoms with E-state index in [2.05, 4.69) is 40.4 Å². The molecule has 0 aliphatic rings. The van der Waals surface area contributed by atoms with Crippen molar-refractivity contribution in [2.75, 3.05) is 0 Å². The first-order valence-electron chi connectivity index (χ1n) is 5.42. The van der Waals surface area contributed by atoms with Crippen LogP contribution >= 0.6 is 0 Å². The maximum absolute atomic E-state index is 4.39. The molecule has 2 aromatic rings. The van der Waals surface area contributed by atoms with Gasteiger partial charge in [0.05, 0.1) is 0 Å². The minimum atomic E-state index is 0.615. The SMILES string of the molecule is CCCc1cc(CCC)n2nnnc2n1. The average molecular weight is 205 g/mol. The second-order valence-corrected chi connectivity index (χ2v) is 3.63. The Morgan fingerprint density at radius 1 is 1.20 bits per heavy atom. The summed E-state index contributed by atoms with van der Waals surface area (Å²) >= 11 is 0. The highest BCUT2D eigenvalue weighted by Crippen LogP contribution is 2.08. The molecule has 2 rings (SSSR count). The number of aryl methyl sites for hydroxylation is 2. The summed E-state index contributed by atoms with van der Waals surface area (Å²) in [5, 5.41) is 11.5. The van der Waals surface area contributed by atoms with E-state index in [1.165, 1.54) is 0 Å². The van der Waals surface area contributed by atoms with E-state index in [0.29, 0.717) is 5.78 Å². The minimum absolute atomic E-state index is 0.615. The fourth-order valence-corrected chi connectivity index (χ4v) is 1.67. The Morgan fingerprint density at radius 3 is 2.73 bits per heavy atom. The molecule has 0 unspecified atom stereocenters. The molecule has 0 radical (unpaired) electrons. The second-order valence-electron chi connectivity index (χ2n) is 3.63. The normalized spacial score (nSPS) is 11.1. The minimum Gasteiger partial charge on any atom is -0.215 e. The summed E-state index contributed by atoms with van der Waals surface area (Å²) in [5.74, 6) is 0.615. The van der Waals surface area contributed by atoms with Gasteiger partial charge in [0.25, 0.3) is 5.78 Å². The van der Waals surface area contributed by atoms with Gasteiger partial charge in [-0.3, -0.25) is 0 Å². The number of nitrogens with zero attached hydrogens (tertiary/aromatic N) is 5. The zero-order chi connectivity index (χ0) is 10.7. The van der Waals surface area contributed by atoms with Gasteiger partial charge in [0, 0.05) is 11.4 Å². The van der Waals surface area contributed by atoms with Gasteiger partial charge >= 0.3 is 0 Å². The van der Waals surface area contributed by atoms with Crippen molar-refractivity contribution in [3.05, 3.63) is 17.5 Å². The Hall–Kier alpha value is -1.52. The van der Waals surface area contributed by atoms with Crippen LogP contribution in [0.5, 0.6) is 0 Å². The van der Waals surface area contributed by atoms with Gasteiger partial charge in [0.15, 0.2) is 0 Å². The Kier molecular flexibility index (Phi) is 2.89. The van der Waals surface area contributed by atoms with Crippen LogP contribution in [0.3, 0.4) is 0 Å². The lowest BCUT2D eigenvalue weighted by molar-refractivity contribution is 0.743. The van der Waals surface area contributed by atoms with Crippen LogP contribution in [-0.2, 0) is 12.8 Å². The summed E-state index contributed by atoms with van der Waals surface area (Å²) in [5.41, 5.74) is 2.24. The van der Waals surface area contributed by atoms with Crippen molar-refractivity contribution in [2.24, 2.45) is 0 Å². The molecule has 0 aliphatic carbocycles. The van der Waals surface area contributed by atoms with Crippen LogP contribution in [0.25, 0.3) is 5.78 Å². The molecular formula is C10H15N5. The van der Waals surface area contributed by atoms with Crippen LogP contribution in [-0.4, -0.2) is 25.0 Å². The van der Waals surface area contributed by atoms with Crippen LogP contribution in [0.4, 0.5) is 0 Å². The lowest BCUT2D eigenvalue weighted by Gasteiger charge is -2.04. The lowest BCUT2D eigenvalue weighted by Crippen LogP contribution is -2.03. The molecule has 0 fully saturated rings. The van der Waals surface area contributed by atoms with E-state index in [1.807, 2.05) is 0 Å². The molecule has 0 bridgehead atoms. The summed E-state index contributed by atoms with van der Waals surface area (Å²) < 4.78 is 1.72. The molecule has 0 N–H and O–H groups in total. The van der Waals surface area contributed by atoms with Crippen LogP contribution in [0, 0.1) is 0 Å². The highest BCUT2D eigenvalue weighted by atomic mass is 15.5. The zero-order valence-corrected chi connectivity index (χ0v) is 9.14. The summed E-state index contributed by atoms with van der Waals surface area (Å²) in [7, 11) is 0. The van der Waals surface area contributed by atoms with Crippen LogP contribution in [0.15, 0.2) is 6.07 Å². The van der Waals surface area contributed by atoms with Crippen molar-refractivity contribution in [3.8, 4) is 0 Å². The van der Waals surface area contributed by atoms with Gasteiger partial charge in [0.2, 0.25) is 0 Å². The number of tetrazole rings is 1. The predicted octanol–water partition coefficient (Wildman–Crippen LogP) is 1.42. The third-order valence-corrected chi connectivity index (χ3v) is 2.31. The monoisotopic (exact) mass is 205 g/mol. The van der Waals surface area contributed by atoms with E-state index in [0.717, 1.165) is 37.1 Å². The quantitative estimate of drug-likeness (QED) is 0.757. The number of hydrogen-bond acceptors (Lipinski definition) is 4. The van der Waals surface area contributed by atoms with Crippen molar-refractivity contribution < 1.29 is 0 Å². The Morgan fingerprint density at radius 2 is 2.00 bits per heavy atom.